The zero-order chi connectivity index (χ0) is 13.1. The van der Waals surface area contributed by atoms with E-state index in [9.17, 15) is 17.6 Å². The Bertz CT molecular complexity index is 446. The fourth-order valence-corrected chi connectivity index (χ4v) is 4.32. The molecule has 1 aliphatic heterocycles. The highest BCUT2D eigenvalue weighted by Crippen LogP contribution is 2.48. The second kappa shape index (κ2) is 3.51. The van der Waals surface area contributed by atoms with Crippen molar-refractivity contribution in [2.24, 2.45) is 0 Å². The molecule has 98 valence electrons. The van der Waals surface area contributed by atoms with Crippen LogP contribution in [0.3, 0.4) is 0 Å². The zero-order valence-electron chi connectivity index (χ0n) is 10.4. The summed E-state index contributed by atoms with van der Waals surface area (Å²) in [6.07, 6.45) is -0.483. The minimum Gasteiger partial charge on any atom is -0.298 e. The van der Waals surface area contributed by atoms with E-state index in [0.29, 0.717) is 0 Å². The summed E-state index contributed by atoms with van der Waals surface area (Å²) in [6, 6.07) is 0. The maximum Gasteiger partial charge on any atom is 0.219 e. The third kappa shape index (κ3) is 1.81. The van der Waals surface area contributed by atoms with Crippen LogP contribution in [0.2, 0.25) is 0 Å². The minimum atomic E-state index is -3.56. The highest BCUT2D eigenvalue weighted by molar-refractivity contribution is 7.90. The van der Waals surface area contributed by atoms with E-state index in [2.05, 4.69) is 0 Å². The average Bonchev–Trinajstić information content (AvgIpc) is 2.40. The summed E-state index contributed by atoms with van der Waals surface area (Å²) >= 11 is 0. The van der Waals surface area contributed by atoms with Gasteiger partial charge in [-0.05, 0) is 33.6 Å². The van der Waals surface area contributed by atoms with Gasteiger partial charge in [0.05, 0.1) is 11.3 Å². The Hall–Kier alpha value is -0.490. The summed E-state index contributed by atoms with van der Waals surface area (Å²) in [5, 5.41) is 0. The molecule has 0 unspecified atom stereocenters. The molecule has 0 radical (unpaired) electrons. The van der Waals surface area contributed by atoms with Gasteiger partial charge in [0.25, 0.3) is 0 Å². The normalized spacial score (nSPS) is 35.3. The first-order valence-electron chi connectivity index (χ1n) is 5.77. The molecule has 17 heavy (non-hydrogen) atoms. The number of ketones is 1. The number of hydrogen-bond acceptors (Lipinski definition) is 3. The summed E-state index contributed by atoms with van der Waals surface area (Å²) in [7, 11) is -3.56. The summed E-state index contributed by atoms with van der Waals surface area (Å²) in [5.41, 5.74) is -0.761. The number of nitrogens with zero attached hydrogens (tertiary/aromatic N) is 1. The molecule has 1 saturated carbocycles. The lowest BCUT2D eigenvalue weighted by atomic mass is 9.74. The first-order valence-corrected chi connectivity index (χ1v) is 7.21. The van der Waals surface area contributed by atoms with Crippen LogP contribution in [0.15, 0.2) is 0 Å². The third-order valence-corrected chi connectivity index (χ3v) is 6.29. The Morgan fingerprint density at radius 3 is 2.29 bits per heavy atom. The first kappa shape index (κ1) is 13.0. The second-order valence-electron chi connectivity index (χ2n) is 6.07. The Balaban J connectivity index is 2.36. The molecule has 0 atom stereocenters. The van der Waals surface area contributed by atoms with Crippen molar-refractivity contribution in [3.05, 3.63) is 0 Å². The monoisotopic (exact) mass is 263 g/mol. The Morgan fingerprint density at radius 2 is 1.88 bits per heavy atom. The fourth-order valence-electron chi connectivity index (χ4n) is 2.62. The van der Waals surface area contributed by atoms with Crippen LogP contribution in [0.4, 0.5) is 4.39 Å². The van der Waals surface area contributed by atoms with Gasteiger partial charge < -0.3 is 0 Å². The van der Waals surface area contributed by atoms with Gasteiger partial charge in [-0.1, -0.05) is 0 Å². The maximum absolute atomic E-state index is 13.1. The van der Waals surface area contributed by atoms with Crippen molar-refractivity contribution in [3.8, 4) is 0 Å². The molecule has 0 N–H and O–H groups in total. The van der Waals surface area contributed by atoms with Crippen LogP contribution in [0.1, 0.15) is 40.0 Å². The topological polar surface area (TPSA) is 54.5 Å². The van der Waals surface area contributed by atoms with Crippen molar-refractivity contribution in [2.45, 2.75) is 56.5 Å². The fraction of sp³-hybridized carbons (Fsp3) is 0.909. The van der Waals surface area contributed by atoms with Crippen LogP contribution < -0.4 is 0 Å². The van der Waals surface area contributed by atoms with Gasteiger partial charge in [-0.15, -0.1) is 0 Å². The summed E-state index contributed by atoms with van der Waals surface area (Å²) in [6.45, 7) is 4.71. The van der Waals surface area contributed by atoms with Crippen LogP contribution in [-0.4, -0.2) is 41.5 Å². The predicted octanol–water partition coefficient (Wildman–Crippen LogP) is 1.26. The van der Waals surface area contributed by atoms with Crippen molar-refractivity contribution in [2.75, 3.05) is 6.54 Å². The van der Waals surface area contributed by atoms with E-state index in [1.807, 2.05) is 0 Å². The molecule has 4 nitrogen and oxygen atoms in total. The van der Waals surface area contributed by atoms with Gasteiger partial charge in [0, 0.05) is 12.0 Å². The number of alkyl halides is 1. The highest BCUT2D eigenvalue weighted by atomic mass is 32.2. The lowest BCUT2D eigenvalue weighted by Gasteiger charge is -2.47. The zero-order valence-corrected chi connectivity index (χ0v) is 11.2. The van der Waals surface area contributed by atoms with Crippen molar-refractivity contribution in [1.29, 1.82) is 0 Å². The number of Topliss-reactive ketones (excluding diaryl/α,β-unsaturated/α-hetero) is 1. The van der Waals surface area contributed by atoms with Crippen LogP contribution in [0.25, 0.3) is 0 Å². The van der Waals surface area contributed by atoms with Gasteiger partial charge in [0.2, 0.25) is 10.0 Å². The summed E-state index contributed by atoms with van der Waals surface area (Å²) < 4.78 is 38.1. The molecule has 0 amide bonds. The lowest BCUT2D eigenvalue weighted by molar-refractivity contribution is -0.117. The van der Waals surface area contributed by atoms with Crippen LogP contribution in [0, 0.1) is 0 Å². The molecule has 1 saturated heterocycles. The Kier molecular flexibility index (Phi) is 2.67. The molecule has 2 fully saturated rings. The number of halogens is 1. The van der Waals surface area contributed by atoms with Crippen molar-refractivity contribution in [1.82, 2.24) is 4.31 Å². The molecule has 6 heteroatoms. The van der Waals surface area contributed by atoms with Crippen molar-refractivity contribution in [3.63, 3.8) is 0 Å². The standard InChI is InChI=1S/C11H18FNO3S/c1-10(2,3)17(15,16)13-7-9(14)6-11(13)4-8(12)5-11/h8H,4-7H2,1-3H3. The largest absolute Gasteiger partial charge is 0.298 e. The molecule has 2 aliphatic rings. The molecule has 0 aromatic heterocycles. The number of rotatable bonds is 1. The third-order valence-electron chi connectivity index (χ3n) is 3.64. The van der Waals surface area contributed by atoms with E-state index in [4.69, 9.17) is 0 Å². The second-order valence-corrected chi connectivity index (χ2v) is 8.69. The quantitative estimate of drug-likeness (QED) is 0.715. The first-order chi connectivity index (χ1) is 7.58. The maximum atomic E-state index is 13.1. The molecule has 1 spiro atoms. The molecular formula is C11H18FNO3S. The van der Waals surface area contributed by atoms with E-state index in [-0.39, 0.29) is 31.6 Å². The lowest BCUT2D eigenvalue weighted by Crippen LogP contribution is -2.59. The summed E-state index contributed by atoms with van der Waals surface area (Å²) in [4.78, 5) is 11.5. The van der Waals surface area contributed by atoms with Gasteiger partial charge in [-0.3, -0.25) is 4.79 Å². The number of hydrogen-bond donors (Lipinski definition) is 0. The molecule has 2 rings (SSSR count). The molecule has 1 aliphatic carbocycles. The summed E-state index contributed by atoms with van der Waals surface area (Å²) in [5.74, 6) is -0.107. The SMILES string of the molecule is CC(C)(C)S(=O)(=O)N1CC(=O)CC12CC(F)C2. The average molecular weight is 263 g/mol. The van der Waals surface area contributed by atoms with E-state index in [1.54, 1.807) is 20.8 Å². The molecule has 0 aromatic rings. The molecule has 1 heterocycles. The van der Waals surface area contributed by atoms with Crippen molar-refractivity contribution < 1.29 is 17.6 Å². The van der Waals surface area contributed by atoms with Crippen LogP contribution >= 0.6 is 0 Å². The van der Waals surface area contributed by atoms with Gasteiger partial charge >= 0.3 is 0 Å². The molecule has 0 bridgehead atoms. The number of carbonyl (C=O) groups is 1. The number of sulfonamides is 1. The minimum absolute atomic E-state index is 0.0909. The number of carbonyl (C=O) groups excluding carboxylic acids is 1. The Labute approximate surface area is 101 Å². The van der Waals surface area contributed by atoms with Gasteiger partial charge in [-0.2, -0.15) is 4.31 Å². The van der Waals surface area contributed by atoms with Gasteiger partial charge in [-0.25, -0.2) is 12.8 Å². The van der Waals surface area contributed by atoms with Gasteiger partial charge in [0.1, 0.15) is 12.0 Å². The van der Waals surface area contributed by atoms with Crippen LogP contribution in [0.5, 0.6) is 0 Å². The van der Waals surface area contributed by atoms with E-state index in [0.717, 1.165) is 0 Å². The van der Waals surface area contributed by atoms with E-state index in [1.165, 1.54) is 4.31 Å². The van der Waals surface area contributed by atoms with Crippen molar-refractivity contribution >= 4 is 15.8 Å². The molecule has 0 aromatic carbocycles. The molecular weight excluding hydrogens is 245 g/mol. The predicted molar refractivity (Wildman–Crippen MR) is 61.9 cm³/mol. The van der Waals surface area contributed by atoms with E-state index >= 15 is 0 Å². The Morgan fingerprint density at radius 1 is 1.35 bits per heavy atom. The van der Waals surface area contributed by atoms with Gasteiger partial charge in [0.15, 0.2) is 0 Å². The van der Waals surface area contributed by atoms with E-state index < -0.39 is 26.5 Å². The highest BCUT2D eigenvalue weighted by Gasteiger charge is 2.59. The van der Waals surface area contributed by atoms with Crippen LogP contribution in [-0.2, 0) is 14.8 Å². The smallest absolute Gasteiger partial charge is 0.219 e.